The van der Waals surface area contributed by atoms with E-state index in [1.54, 1.807) is 12.1 Å². The van der Waals surface area contributed by atoms with Gasteiger partial charge in [-0.3, -0.25) is 0 Å². The van der Waals surface area contributed by atoms with Crippen molar-refractivity contribution in [1.82, 2.24) is 0 Å². The van der Waals surface area contributed by atoms with E-state index in [-0.39, 0.29) is 11.1 Å². The molecule has 0 fully saturated rings. The normalized spacial score (nSPS) is 10.9. The molecule has 0 spiro atoms. The predicted molar refractivity (Wildman–Crippen MR) is 109 cm³/mol. The maximum Gasteiger partial charge on any atom is 0.0724 e. The van der Waals surface area contributed by atoms with E-state index in [2.05, 4.69) is 6.92 Å². The van der Waals surface area contributed by atoms with Crippen molar-refractivity contribution < 1.29 is 19.8 Å². The summed E-state index contributed by atoms with van der Waals surface area (Å²) in [4.78, 5) is 22.4. The topological polar surface area (TPSA) is 80.3 Å². The third kappa shape index (κ3) is 9.91. The summed E-state index contributed by atoms with van der Waals surface area (Å²) in [6.07, 6.45) is 18.3. The quantitative estimate of drug-likeness (QED) is 0.370. The first-order valence-corrected chi connectivity index (χ1v) is 11.1. The van der Waals surface area contributed by atoms with Gasteiger partial charge in [0, 0.05) is 11.1 Å². The van der Waals surface area contributed by atoms with E-state index >= 15 is 0 Å². The van der Waals surface area contributed by atoms with E-state index < -0.39 is 11.9 Å². The molecule has 0 atom stereocenters. The Hall–Kier alpha value is -1.84. The Morgan fingerprint density at radius 3 is 1.57 bits per heavy atom. The molecule has 0 aliphatic heterocycles. The molecule has 0 amide bonds. The largest absolute Gasteiger partial charge is 0.545 e. The predicted octanol–water partition coefficient (Wildman–Crippen LogP) is 4.44. The zero-order chi connectivity index (χ0) is 20.6. The van der Waals surface area contributed by atoms with Crippen molar-refractivity contribution in [1.29, 1.82) is 0 Å². The van der Waals surface area contributed by atoms with Crippen LogP contribution in [-0.4, -0.2) is 11.9 Å². The average molecular weight is 389 g/mol. The number of hydrogen-bond donors (Lipinski definition) is 0. The lowest BCUT2D eigenvalue weighted by atomic mass is 9.96. The molecule has 0 N–H and O–H groups in total. The molecule has 0 bridgehead atoms. The molecular formula is C24H36O4-2. The molecule has 0 aliphatic rings. The van der Waals surface area contributed by atoms with Gasteiger partial charge in [-0.05, 0) is 18.4 Å². The number of aryl methyl sites for hydroxylation is 1. The standard InChI is InChI=1S/C24H38O4/c1-2-3-4-5-6-7-8-9-10-11-12-13-14-15-17-20-18-16-19-21(23(25)26)22(20)24(27)28/h16,18-19H,2-15,17H2,1H3,(H,25,26)(H,27,28)/p-2. The first-order chi connectivity index (χ1) is 13.6. The van der Waals surface area contributed by atoms with Gasteiger partial charge in [0.25, 0.3) is 0 Å². The molecule has 4 nitrogen and oxygen atoms in total. The number of hydrogen-bond acceptors (Lipinski definition) is 4. The second-order valence-corrected chi connectivity index (χ2v) is 7.76. The number of carboxylic acid groups (broad SMARTS) is 2. The number of aromatic carboxylic acids is 2. The van der Waals surface area contributed by atoms with Crippen LogP contribution in [0, 0.1) is 0 Å². The molecular weight excluding hydrogens is 352 g/mol. The Kier molecular flexibility index (Phi) is 13.1. The van der Waals surface area contributed by atoms with Crippen molar-refractivity contribution in [2.75, 3.05) is 0 Å². The van der Waals surface area contributed by atoms with Crippen LogP contribution in [0.15, 0.2) is 18.2 Å². The third-order valence-corrected chi connectivity index (χ3v) is 5.37. The number of carbonyl (C=O) groups is 2. The maximum absolute atomic E-state index is 11.3. The van der Waals surface area contributed by atoms with E-state index in [1.807, 2.05) is 0 Å². The monoisotopic (exact) mass is 388 g/mol. The smallest absolute Gasteiger partial charge is 0.0724 e. The molecule has 0 aromatic heterocycles. The van der Waals surface area contributed by atoms with Crippen LogP contribution in [0.5, 0.6) is 0 Å². The second kappa shape index (κ2) is 15.1. The van der Waals surface area contributed by atoms with Gasteiger partial charge >= 0.3 is 0 Å². The van der Waals surface area contributed by atoms with Gasteiger partial charge in [-0.1, -0.05) is 109 Å². The van der Waals surface area contributed by atoms with Crippen LogP contribution in [0.25, 0.3) is 0 Å². The number of benzene rings is 1. The van der Waals surface area contributed by atoms with Crippen molar-refractivity contribution in [3.05, 3.63) is 34.9 Å². The minimum atomic E-state index is -1.47. The molecule has 158 valence electrons. The van der Waals surface area contributed by atoms with Gasteiger partial charge < -0.3 is 19.8 Å². The van der Waals surface area contributed by atoms with Crippen LogP contribution in [0.2, 0.25) is 0 Å². The lowest BCUT2D eigenvalue weighted by Gasteiger charge is -2.16. The highest BCUT2D eigenvalue weighted by atomic mass is 16.4. The van der Waals surface area contributed by atoms with Crippen LogP contribution in [-0.2, 0) is 6.42 Å². The molecule has 1 aromatic rings. The zero-order valence-electron chi connectivity index (χ0n) is 17.5. The summed E-state index contributed by atoms with van der Waals surface area (Å²) >= 11 is 0. The number of unbranched alkanes of at least 4 members (excludes halogenated alkanes) is 13. The lowest BCUT2D eigenvalue weighted by molar-refractivity contribution is -0.259. The van der Waals surface area contributed by atoms with E-state index in [0.717, 1.165) is 19.3 Å². The van der Waals surface area contributed by atoms with Gasteiger partial charge in [-0.2, -0.15) is 0 Å². The van der Waals surface area contributed by atoms with E-state index in [1.165, 1.54) is 76.7 Å². The number of carbonyl (C=O) groups excluding carboxylic acids is 2. The van der Waals surface area contributed by atoms with Gasteiger partial charge in [-0.25, -0.2) is 0 Å². The molecule has 0 radical (unpaired) electrons. The van der Waals surface area contributed by atoms with Gasteiger partial charge in [-0.15, -0.1) is 0 Å². The molecule has 1 rings (SSSR count). The van der Waals surface area contributed by atoms with Crippen LogP contribution in [0.3, 0.4) is 0 Å². The summed E-state index contributed by atoms with van der Waals surface area (Å²) in [6.45, 7) is 2.25. The molecule has 0 unspecified atom stereocenters. The van der Waals surface area contributed by atoms with Gasteiger partial charge in [0.05, 0.1) is 11.9 Å². The highest BCUT2D eigenvalue weighted by Crippen LogP contribution is 2.18. The first-order valence-electron chi connectivity index (χ1n) is 11.1. The average Bonchev–Trinajstić information content (AvgIpc) is 2.67. The first kappa shape index (κ1) is 24.2. The fourth-order valence-corrected chi connectivity index (χ4v) is 3.73. The van der Waals surface area contributed by atoms with Crippen LogP contribution < -0.4 is 10.2 Å². The summed E-state index contributed by atoms with van der Waals surface area (Å²) < 4.78 is 0. The van der Waals surface area contributed by atoms with Crippen molar-refractivity contribution in [3.8, 4) is 0 Å². The third-order valence-electron chi connectivity index (χ3n) is 5.37. The Morgan fingerprint density at radius 2 is 1.14 bits per heavy atom. The SMILES string of the molecule is CCCCCCCCCCCCCCCCc1cccc(C(=O)[O-])c1C(=O)[O-]. The van der Waals surface area contributed by atoms with Crippen molar-refractivity contribution in [2.24, 2.45) is 0 Å². The molecule has 0 saturated carbocycles. The number of carboxylic acids is 2. The van der Waals surface area contributed by atoms with Gasteiger partial charge in [0.1, 0.15) is 0 Å². The van der Waals surface area contributed by atoms with E-state index in [0.29, 0.717) is 12.0 Å². The van der Waals surface area contributed by atoms with Crippen LogP contribution in [0.1, 0.15) is 123 Å². The Bertz CT molecular complexity index is 580. The second-order valence-electron chi connectivity index (χ2n) is 7.76. The summed E-state index contributed by atoms with van der Waals surface area (Å²) in [7, 11) is 0. The molecule has 0 aliphatic carbocycles. The Labute approximate surface area is 170 Å². The van der Waals surface area contributed by atoms with E-state index in [4.69, 9.17) is 0 Å². The fraction of sp³-hybridized carbons (Fsp3) is 0.667. The molecule has 1 aromatic carbocycles. The minimum Gasteiger partial charge on any atom is -0.545 e. The van der Waals surface area contributed by atoms with Crippen molar-refractivity contribution >= 4 is 11.9 Å². The summed E-state index contributed by atoms with van der Waals surface area (Å²) in [5, 5.41) is 22.4. The Morgan fingerprint density at radius 1 is 0.679 bits per heavy atom. The zero-order valence-corrected chi connectivity index (χ0v) is 17.5. The minimum absolute atomic E-state index is 0.225. The van der Waals surface area contributed by atoms with Crippen LogP contribution in [0.4, 0.5) is 0 Å². The highest BCUT2D eigenvalue weighted by molar-refractivity contribution is 6.01. The molecule has 28 heavy (non-hydrogen) atoms. The maximum atomic E-state index is 11.3. The summed E-state index contributed by atoms with van der Waals surface area (Å²) in [6, 6.07) is 4.49. The molecule has 4 heteroatoms. The fourth-order valence-electron chi connectivity index (χ4n) is 3.73. The van der Waals surface area contributed by atoms with Crippen molar-refractivity contribution in [2.45, 2.75) is 103 Å². The Balaban J connectivity index is 2.10. The van der Waals surface area contributed by atoms with Gasteiger partial charge in [0.2, 0.25) is 0 Å². The van der Waals surface area contributed by atoms with E-state index in [9.17, 15) is 19.8 Å². The molecule has 0 heterocycles. The molecule has 0 saturated heterocycles. The van der Waals surface area contributed by atoms with Crippen molar-refractivity contribution in [3.63, 3.8) is 0 Å². The number of rotatable bonds is 17. The van der Waals surface area contributed by atoms with Gasteiger partial charge in [0.15, 0.2) is 0 Å². The van der Waals surface area contributed by atoms with Crippen LogP contribution >= 0.6 is 0 Å². The summed E-state index contributed by atoms with van der Waals surface area (Å²) in [5.74, 6) is -2.91. The highest BCUT2D eigenvalue weighted by Gasteiger charge is 2.10. The lowest BCUT2D eigenvalue weighted by Crippen LogP contribution is -2.31. The summed E-state index contributed by atoms with van der Waals surface area (Å²) in [5.41, 5.74) is 0.0145.